The number of halogens is 3. The lowest BCUT2D eigenvalue weighted by molar-refractivity contribution is -0.137. The van der Waals surface area contributed by atoms with E-state index in [1.54, 1.807) is 0 Å². The van der Waals surface area contributed by atoms with Crippen molar-refractivity contribution in [1.29, 1.82) is 0 Å². The number of hydrogen-bond donors (Lipinski definition) is 1. The van der Waals surface area contributed by atoms with Crippen molar-refractivity contribution in [2.24, 2.45) is 0 Å². The minimum Gasteiger partial charge on any atom is -0.398 e. The third-order valence-electron chi connectivity index (χ3n) is 3.23. The Morgan fingerprint density at radius 3 is 2.58 bits per heavy atom. The molecular formula is C13H15F3N2O. The van der Waals surface area contributed by atoms with Gasteiger partial charge >= 0.3 is 6.18 Å². The van der Waals surface area contributed by atoms with E-state index < -0.39 is 11.7 Å². The second-order valence-corrected chi connectivity index (χ2v) is 4.63. The molecule has 2 N–H and O–H groups in total. The zero-order valence-electron chi connectivity index (χ0n) is 10.3. The van der Waals surface area contributed by atoms with Crippen LogP contribution in [-0.2, 0) is 11.0 Å². The number of amides is 1. The molecule has 3 nitrogen and oxygen atoms in total. The van der Waals surface area contributed by atoms with E-state index >= 15 is 0 Å². The number of carbonyl (C=O) groups excluding carboxylic acids is 1. The fraction of sp³-hybridized carbons (Fsp3) is 0.462. The van der Waals surface area contributed by atoms with Crippen molar-refractivity contribution in [3.63, 3.8) is 0 Å². The second kappa shape index (κ2) is 5.11. The van der Waals surface area contributed by atoms with Crippen LogP contribution in [0, 0.1) is 0 Å². The number of benzene rings is 1. The predicted molar refractivity (Wildman–Crippen MR) is 66.7 cm³/mol. The molecule has 0 unspecified atom stereocenters. The molecule has 0 aliphatic carbocycles. The first-order chi connectivity index (χ1) is 8.89. The molecule has 1 fully saturated rings. The highest BCUT2D eigenvalue weighted by Crippen LogP contribution is 2.36. The van der Waals surface area contributed by atoms with Gasteiger partial charge in [-0.05, 0) is 31.0 Å². The Balaban J connectivity index is 2.37. The summed E-state index contributed by atoms with van der Waals surface area (Å²) in [7, 11) is 0. The van der Waals surface area contributed by atoms with Crippen molar-refractivity contribution in [3.8, 4) is 0 Å². The highest BCUT2D eigenvalue weighted by atomic mass is 19.4. The Morgan fingerprint density at radius 1 is 1.16 bits per heavy atom. The summed E-state index contributed by atoms with van der Waals surface area (Å²) in [6.45, 7) is 0.458. The monoisotopic (exact) mass is 272 g/mol. The van der Waals surface area contributed by atoms with E-state index in [4.69, 9.17) is 5.73 Å². The lowest BCUT2D eigenvalue weighted by atomic mass is 10.1. The maximum absolute atomic E-state index is 12.8. The number of anilines is 2. The van der Waals surface area contributed by atoms with Crippen LogP contribution in [0.2, 0.25) is 0 Å². The minimum atomic E-state index is -4.50. The van der Waals surface area contributed by atoms with Crippen LogP contribution in [0.3, 0.4) is 0 Å². The summed E-state index contributed by atoms with van der Waals surface area (Å²) in [5.41, 5.74) is 4.41. The largest absolute Gasteiger partial charge is 0.418 e. The van der Waals surface area contributed by atoms with Crippen molar-refractivity contribution in [1.82, 2.24) is 0 Å². The number of rotatable bonds is 1. The fourth-order valence-corrected chi connectivity index (χ4v) is 2.21. The highest BCUT2D eigenvalue weighted by molar-refractivity contribution is 5.93. The minimum absolute atomic E-state index is 0.129. The van der Waals surface area contributed by atoms with Crippen molar-refractivity contribution in [2.45, 2.75) is 31.9 Å². The number of nitrogens with two attached hydrogens (primary N) is 1. The summed E-state index contributed by atoms with van der Waals surface area (Å²) in [5.74, 6) is -0.129. The van der Waals surface area contributed by atoms with Gasteiger partial charge in [0.25, 0.3) is 0 Å². The lowest BCUT2D eigenvalue weighted by Crippen LogP contribution is -2.30. The lowest BCUT2D eigenvalue weighted by Gasteiger charge is -2.22. The molecule has 6 heteroatoms. The van der Waals surface area contributed by atoms with Crippen LogP contribution >= 0.6 is 0 Å². The van der Waals surface area contributed by atoms with Gasteiger partial charge < -0.3 is 10.6 Å². The van der Waals surface area contributed by atoms with E-state index in [-0.39, 0.29) is 17.3 Å². The van der Waals surface area contributed by atoms with E-state index in [0.717, 1.165) is 25.3 Å². The first kappa shape index (κ1) is 13.7. The summed E-state index contributed by atoms with van der Waals surface area (Å²) in [5, 5.41) is 0. The molecule has 1 amide bonds. The first-order valence-corrected chi connectivity index (χ1v) is 6.16. The number of alkyl halides is 3. The van der Waals surface area contributed by atoms with Gasteiger partial charge in [0.05, 0.1) is 5.56 Å². The van der Waals surface area contributed by atoms with Gasteiger partial charge in [-0.1, -0.05) is 6.42 Å². The number of nitrogens with zero attached hydrogens (tertiary/aromatic N) is 1. The fourth-order valence-electron chi connectivity index (χ4n) is 2.21. The first-order valence-electron chi connectivity index (χ1n) is 6.16. The molecule has 1 aliphatic heterocycles. The van der Waals surface area contributed by atoms with Crippen LogP contribution in [-0.4, -0.2) is 12.5 Å². The zero-order valence-corrected chi connectivity index (χ0v) is 10.3. The molecule has 0 atom stereocenters. The number of hydrogen-bond acceptors (Lipinski definition) is 2. The normalized spacial score (nSPS) is 17.4. The summed E-state index contributed by atoms with van der Waals surface area (Å²) >= 11 is 0. The molecule has 104 valence electrons. The number of nitrogen functional groups attached to an aromatic ring is 1. The molecule has 1 saturated heterocycles. The molecule has 1 aliphatic rings. The highest BCUT2D eigenvalue weighted by Gasteiger charge is 2.34. The Kier molecular flexibility index (Phi) is 3.68. The van der Waals surface area contributed by atoms with Gasteiger partial charge in [0.15, 0.2) is 0 Å². The summed E-state index contributed by atoms with van der Waals surface area (Å²) in [6.07, 6.45) is -1.61. The molecule has 1 heterocycles. The smallest absolute Gasteiger partial charge is 0.398 e. The third kappa shape index (κ3) is 3.00. The summed E-state index contributed by atoms with van der Waals surface area (Å²) in [4.78, 5) is 13.3. The maximum Gasteiger partial charge on any atom is 0.418 e. The van der Waals surface area contributed by atoms with Gasteiger partial charge in [0.2, 0.25) is 5.91 Å². The van der Waals surface area contributed by atoms with Gasteiger partial charge in [-0.15, -0.1) is 0 Å². The van der Waals surface area contributed by atoms with Crippen molar-refractivity contribution < 1.29 is 18.0 Å². The molecule has 2 rings (SSSR count). The average Bonchev–Trinajstić information content (AvgIpc) is 2.53. The molecule has 0 spiro atoms. The standard InChI is InChI=1S/C13H15F3N2O/c14-13(15,16)10-8-9(5-6-11(10)17)18-7-3-1-2-4-12(18)19/h5-6,8H,1-4,7,17H2. The van der Waals surface area contributed by atoms with E-state index in [1.165, 1.54) is 17.0 Å². The van der Waals surface area contributed by atoms with Crippen LogP contribution in [0.5, 0.6) is 0 Å². The Morgan fingerprint density at radius 2 is 1.89 bits per heavy atom. The Hall–Kier alpha value is -1.72. The van der Waals surface area contributed by atoms with Crippen LogP contribution in [0.1, 0.15) is 31.2 Å². The summed E-state index contributed by atoms with van der Waals surface area (Å²) in [6, 6.07) is 3.63. The Bertz CT molecular complexity index is 485. The molecule has 0 saturated carbocycles. The Labute approximate surface area is 109 Å². The topological polar surface area (TPSA) is 46.3 Å². The quantitative estimate of drug-likeness (QED) is 0.798. The van der Waals surface area contributed by atoms with Crippen LogP contribution in [0.25, 0.3) is 0 Å². The number of carbonyl (C=O) groups is 1. The second-order valence-electron chi connectivity index (χ2n) is 4.63. The molecule has 0 radical (unpaired) electrons. The van der Waals surface area contributed by atoms with Crippen molar-refractivity contribution in [2.75, 3.05) is 17.2 Å². The van der Waals surface area contributed by atoms with Crippen LogP contribution in [0.15, 0.2) is 18.2 Å². The molecule has 1 aromatic rings. The van der Waals surface area contributed by atoms with E-state index in [0.29, 0.717) is 13.0 Å². The molecule has 19 heavy (non-hydrogen) atoms. The molecular weight excluding hydrogens is 257 g/mol. The predicted octanol–water partition coefficient (Wildman–Crippen LogP) is 3.19. The van der Waals surface area contributed by atoms with Gasteiger partial charge in [0, 0.05) is 24.3 Å². The SMILES string of the molecule is Nc1ccc(N2CCCCCC2=O)cc1C(F)(F)F. The molecule has 0 bridgehead atoms. The maximum atomic E-state index is 12.8. The van der Waals surface area contributed by atoms with Crippen molar-refractivity contribution in [3.05, 3.63) is 23.8 Å². The van der Waals surface area contributed by atoms with E-state index in [1.807, 2.05) is 0 Å². The zero-order chi connectivity index (χ0) is 14.0. The van der Waals surface area contributed by atoms with Gasteiger partial charge in [-0.25, -0.2) is 0 Å². The third-order valence-corrected chi connectivity index (χ3v) is 3.23. The van der Waals surface area contributed by atoms with E-state index in [2.05, 4.69) is 0 Å². The van der Waals surface area contributed by atoms with Crippen molar-refractivity contribution >= 4 is 17.3 Å². The average molecular weight is 272 g/mol. The van der Waals surface area contributed by atoms with Crippen LogP contribution < -0.4 is 10.6 Å². The molecule has 1 aromatic carbocycles. The van der Waals surface area contributed by atoms with Gasteiger partial charge in [0.1, 0.15) is 0 Å². The summed E-state index contributed by atoms with van der Waals surface area (Å²) < 4.78 is 38.4. The van der Waals surface area contributed by atoms with Gasteiger partial charge in [-0.2, -0.15) is 13.2 Å². The van der Waals surface area contributed by atoms with Crippen LogP contribution in [0.4, 0.5) is 24.5 Å². The van der Waals surface area contributed by atoms with Gasteiger partial charge in [-0.3, -0.25) is 4.79 Å². The van der Waals surface area contributed by atoms with E-state index in [9.17, 15) is 18.0 Å². The molecule has 0 aromatic heterocycles.